The average molecular weight is 350 g/mol. The summed E-state index contributed by atoms with van der Waals surface area (Å²) < 4.78 is 4.66. The van der Waals surface area contributed by atoms with Crippen molar-refractivity contribution in [3.05, 3.63) is 0 Å². The quantitative estimate of drug-likeness (QED) is 0.280. The molecule has 0 bridgehead atoms. The maximum Gasteiger partial charge on any atom is 0.384 e. The molecule has 0 aromatic rings. The van der Waals surface area contributed by atoms with Crippen LogP contribution in [0.3, 0.4) is 0 Å². The van der Waals surface area contributed by atoms with Crippen molar-refractivity contribution < 1.29 is 19.4 Å². The lowest BCUT2D eigenvalue weighted by molar-refractivity contribution is -0.136. The van der Waals surface area contributed by atoms with E-state index < -0.39 is 11.9 Å². The smallest absolute Gasteiger partial charge is 0.384 e. The van der Waals surface area contributed by atoms with Crippen LogP contribution in [0.4, 0.5) is 0 Å². The molecule has 0 amide bonds. The number of esters is 1. The number of carboxylic acid groups (broad SMARTS) is 1. The highest BCUT2D eigenvalue weighted by Crippen LogP contribution is 2.10. The molecule has 4 heteroatoms. The van der Waals surface area contributed by atoms with E-state index in [9.17, 15) is 9.59 Å². The molecule has 1 unspecified atom stereocenters. The summed E-state index contributed by atoms with van der Waals surface area (Å²) in [5.74, 6) is 9.02. The van der Waals surface area contributed by atoms with Crippen LogP contribution in [0.2, 0.25) is 0 Å². The third-order valence-electron chi connectivity index (χ3n) is 3.40. The first-order valence-electron chi connectivity index (χ1n) is 9.41. The van der Waals surface area contributed by atoms with Gasteiger partial charge in [-0.25, -0.2) is 9.59 Å². The van der Waals surface area contributed by atoms with Crippen LogP contribution in [-0.2, 0) is 14.3 Å². The van der Waals surface area contributed by atoms with E-state index in [-0.39, 0.29) is 5.92 Å². The molecular formula is C21H34O4. The van der Waals surface area contributed by atoms with Crippen molar-refractivity contribution in [2.75, 3.05) is 6.61 Å². The number of carboxylic acids is 1. The number of ether oxygens (including phenoxy) is 1. The third-order valence-corrected chi connectivity index (χ3v) is 3.40. The number of hydrogen-bond acceptors (Lipinski definition) is 3. The zero-order chi connectivity index (χ0) is 19.3. The monoisotopic (exact) mass is 350 g/mol. The highest BCUT2D eigenvalue weighted by Gasteiger charge is 2.00. The zero-order valence-corrected chi connectivity index (χ0v) is 16.3. The first-order chi connectivity index (χ1) is 12.0. The van der Waals surface area contributed by atoms with Gasteiger partial charge in [0.25, 0.3) is 0 Å². The zero-order valence-electron chi connectivity index (χ0n) is 16.3. The largest absolute Gasteiger partial charge is 0.472 e. The van der Waals surface area contributed by atoms with Gasteiger partial charge in [0.1, 0.15) is 0 Å². The van der Waals surface area contributed by atoms with Crippen molar-refractivity contribution in [2.45, 2.75) is 85.5 Å². The van der Waals surface area contributed by atoms with Crippen LogP contribution in [0.15, 0.2) is 0 Å². The molecule has 0 aliphatic rings. The van der Waals surface area contributed by atoms with Crippen LogP contribution in [-0.4, -0.2) is 23.7 Å². The highest BCUT2D eigenvalue weighted by atomic mass is 16.5. The fourth-order valence-electron chi connectivity index (χ4n) is 1.93. The van der Waals surface area contributed by atoms with Crippen LogP contribution in [0.5, 0.6) is 0 Å². The minimum absolute atomic E-state index is 0.265. The molecule has 0 saturated carbocycles. The van der Waals surface area contributed by atoms with E-state index in [4.69, 9.17) is 5.11 Å². The summed E-state index contributed by atoms with van der Waals surface area (Å²) in [6.45, 7) is 8.52. The Kier molecular flexibility index (Phi) is 20.3. The number of rotatable bonds is 9. The molecule has 1 N–H and O–H groups in total. The lowest BCUT2D eigenvalue weighted by Crippen LogP contribution is -1.99. The second-order valence-corrected chi connectivity index (χ2v) is 5.65. The Hall–Kier alpha value is -1.94. The molecule has 25 heavy (non-hydrogen) atoms. The van der Waals surface area contributed by atoms with Gasteiger partial charge < -0.3 is 9.84 Å². The normalized spacial score (nSPS) is 10.1. The molecule has 0 rings (SSSR count). The number of carbonyl (C=O) groups is 2. The predicted octanol–water partition coefficient (Wildman–Crippen LogP) is 4.81. The summed E-state index contributed by atoms with van der Waals surface area (Å²) in [5, 5.41) is 8.31. The van der Waals surface area contributed by atoms with Gasteiger partial charge in [-0.2, -0.15) is 0 Å². The summed E-state index contributed by atoms with van der Waals surface area (Å²) in [7, 11) is 0. The van der Waals surface area contributed by atoms with Gasteiger partial charge in [-0.05, 0) is 26.2 Å². The van der Waals surface area contributed by atoms with Gasteiger partial charge in [-0.3, -0.25) is 0 Å². The lowest BCUT2D eigenvalue weighted by Gasteiger charge is -2.04. The molecule has 4 nitrogen and oxygen atoms in total. The van der Waals surface area contributed by atoms with Crippen LogP contribution in [0, 0.1) is 29.6 Å². The van der Waals surface area contributed by atoms with Crippen LogP contribution in [0.1, 0.15) is 85.5 Å². The first-order valence-corrected chi connectivity index (χ1v) is 9.41. The minimum Gasteiger partial charge on any atom is -0.472 e. The van der Waals surface area contributed by atoms with Crippen LogP contribution in [0.25, 0.3) is 0 Å². The molecule has 0 spiro atoms. The standard InChI is InChI=1S/C11H18O2.C10H16O2/c1-3-5-6-7-8-9-10-11(12)13-4-2;1-3-5-6-9(4-2)7-8-10(11)12/h3-8H2,1-2H3;9H,3-6H2,1-2H3,(H,11,12). The topological polar surface area (TPSA) is 63.6 Å². The van der Waals surface area contributed by atoms with Crippen molar-refractivity contribution >= 4 is 11.9 Å². The molecule has 0 aliphatic heterocycles. The molecule has 0 radical (unpaired) electrons. The summed E-state index contributed by atoms with van der Waals surface area (Å²) in [5.41, 5.74) is 0. The molecule has 142 valence electrons. The Morgan fingerprint density at radius 3 is 2.16 bits per heavy atom. The molecule has 0 fully saturated rings. The Labute approximate surface area is 153 Å². The van der Waals surface area contributed by atoms with Crippen molar-refractivity contribution in [3.8, 4) is 23.7 Å². The van der Waals surface area contributed by atoms with E-state index in [1.165, 1.54) is 19.3 Å². The molecule has 0 heterocycles. The average Bonchev–Trinajstić information content (AvgIpc) is 2.59. The minimum atomic E-state index is -1.02. The number of aliphatic carboxylic acids is 1. The maximum absolute atomic E-state index is 10.7. The Bertz CT molecular complexity index is 460. The van der Waals surface area contributed by atoms with E-state index in [1.54, 1.807) is 6.92 Å². The SMILES string of the molecule is CCCCC(C#CC(=O)O)CC.CCCCCCC#CC(=O)OCC. The Balaban J connectivity index is 0. The fourth-order valence-corrected chi connectivity index (χ4v) is 1.93. The molecule has 0 saturated heterocycles. The predicted molar refractivity (Wildman–Crippen MR) is 102 cm³/mol. The van der Waals surface area contributed by atoms with Crippen molar-refractivity contribution in [2.24, 2.45) is 5.92 Å². The van der Waals surface area contributed by atoms with Gasteiger partial charge >= 0.3 is 11.9 Å². The Morgan fingerprint density at radius 1 is 0.960 bits per heavy atom. The van der Waals surface area contributed by atoms with Gasteiger partial charge in [0.05, 0.1) is 6.61 Å². The lowest BCUT2D eigenvalue weighted by atomic mass is 10.0. The number of hydrogen-bond donors (Lipinski definition) is 1. The number of unbranched alkanes of at least 4 members (excludes halogenated alkanes) is 5. The summed E-state index contributed by atoms with van der Waals surface area (Å²) >= 11 is 0. The van der Waals surface area contributed by atoms with E-state index in [2.05, 4.69) is 42.3 Å². The van der Waals surface area contributed by atoms with E-state index in [1.807, 2.05) is 6.92 Å². The molecule has 0 aromatic carbocycles. The maximum atomic E-state index is 10.7. The summed E-state index contributed by atoms with van der Waals surface area (Å²) in [4.78, 5) is 20.9. The van der Waals surface area contributed by atoms with E-state index in [0.717, 1.165) is 38.5 Å². The van der Waals surface area contributed by atoms with Gasteiger partial charge in [-0.1, -0.05) is 64.7 Å². The van der Waals surface area contributed by atoms with Crippen molar-refractivity contribution in [1.82, 2.24) is 0 Å². The van der Waals surface area contributed by atoms with Gasteiger partial charge in [0, 0.05) is 24.2 Å². The van der Waals surface area contributed by atoms with E-state index >= 15 is 0 Å². The van der Waals surface area contributed by atoms with E-state index in [0.29, 0.717) is 6.61 Å². The van der Waals surface area contributed by atoms with Crippen LogP contribution >= 0.6 is 0 Å². The van der Waals surface area contributed by atoms with Crippen molar-refractivity contribution in [1.29, 1.82) is 0 Å². The second-order valence-electron chi connectivity index (χ2n) is 5.65. The van der Waals surface area contributed by atoms with Gasteiger partial charge in [-0.15, -0.1) is 0 Å². The Morgan fingerprint density at radius 2 is 1.64 bits per heavy atom. The van der Waals surface area contributed by atoms with Crippen LogP contribution < -0.4 is 0 Å². The summed E-state index contributed by atoms with van der Waals surface area (Å²) in [6.07, 6.45) is 9.81. The third kappa shape index (κ3) is 22.1. The molecule has 0 aliphatic carbocycles. The van der Waals surface area contributed by atoms with Gasteiger partial charge in [0.2, 0.25) is 0 Å². The highest BCUT2D eigenvalue weighted by molar-refractivity contribution is 5.88. The number of carbonyl (C=O) groups excluding carboxylic acids is 1. The van der Waals surface area contributed by atoms with Crippen molar-refractivity contribution in [3.63, 3.8) is 0 Å². The fraction of sp³-hybridized carbons (Fsp3) is 0.714. The molecule has 1 atom stereocenters. The van der Waals surface area contributed by atoms with Gasteiger partial charge in [0.15, 0.2) is 0 Å². The molecule has 0 aromatic heterocycles. The molecular weight excluding hydrogens is 316 g/mol. The second kappa shape index (κ2) is 20.1. The first kappa shape index (κ1) is 25.3. The summed E-state index contributed by atoms with van der Waals surface area (Å²) in [6, 6.07) is 0.